The summed E-state index contributed by atoms with van der Waals surface area (Å²) in [5.41, 5.74) is 6.02. The number of pyridine rings is 1. The number of carbonyl (C=O) groups excluding carboxylic acids is 1. The molecule has 1 aromatic rings. The molecule has 2 unspecified atom stereocenters. The number of likely N-dealkylation sites (tertiary alicyclic amines) is 1. The highest BCUT2D eigenvalue weighted by molar-refractivity contribution is 5.85. The third-order valence-electron chi connectivity index (χ3n) is 5.26. The monoisotopic (exact) mass is 403 g/mol. The van der Waals surface area contributed by atoms with Crippen LogP contribution in [-0.2, 0) is 4.79 Å². The Kier molecular flexibility index (Phi) is 9.64. The first-order valence-corrected chi connectivity index (χ1v) is 9.05. The van der Waals surface area contributed by atoms with Gasteiger partial charge in [0.2, 0.25) is 5.91 Å². The summed E-state index contributed by atoms with van der Waals surface area (Å²) < 4.78 is 0. The molecule has 2 aliphatic heterocycles. The molecule has 2 atom stereocenters. The smallest absolute Gasteiger partial charge is 0.236 e. The van der Waals surface area contributed by atoms with Gasteiger partial charge in [0.05, 0.1) is 6.54 Å². The van der Waals surface area contributed by atoms with Crippen molar-refractivity contribution in [3.63, 3.8) is 0 Å². The van der Waals surface area contributed by atoms with Gasteiger partial charge in [0, 0.05) is 51.5 Å². The average Bonchev–Trinajstić information content (AvgIpc) is 2.63. The summed E-state index contributed by atoms with van der Waals surface area (Å²) in [6, 6.07) is 6.17. The lowest BCUT2D eigenvalue weighted by atomic mass is 9.92. The fourth-order valence-corrected chi connectivity index (χ4v) is 3.63. The fourth-order valence-electron chi connectivity index (χ4n) is 3.63. The molecule has 6 nitrogen and oxygen atoms in total. The quantitative estimate of drug-likeness (QED) is 0.827. The van der Waals surface area contributed by atoms with Crippen LogP contribution in [0.5, 0.6) is 0 Å². The molecule has 3 heterocycles. The number of amides is 1. The number of rotatable bonds is 4. The van der Waals surface area contributed by atoms with Crippen LogP contribution >= 0.6 is 24.8 Å². The van der Waals surface area contributed by atoms with Crippen LogP contribution < -0.4 is 10.6 Å². The zero-order valence-corrected chi connectivity index (χ0v) is 17.1. The van der Waals surface area contributed by atoms with Gasteiger partial charge in [-0.15, -0.1) is 24.8 Å². The highest BCUT2D eigenvalue weighted by atomic mass is 35.5. The molecule has 148 valence electrons. The number of hydrogen-bond donors (Lipinski definition) is 1. The largest absolute Gasteiger partial charge is 0.354 e. The van der Waals surface area contributed by atoms with Crippen molar-refractivity contribution in [3.05, 3.63) is 24.4 Å². The van der Waals surface area contributed by atoms with E-state index in [2.05, 4.69) is 21.7 Å². The molecule has 3 rings (SSSR count). The molecule has 8 heteroatoms. The van der Waals surface area contributed by atoms with E-state index in [0.29, 0.717) is 12.5 Å². The van der Waals surface area contributed by atoms with Crippen LogP contribution in [0.1, 0.15) is 19.8 Å². The van der Waals surface area contributed by atoms with Gasteiger partial charge in [-0.25, -0.2) is 4.98 Å². The number of piperazine rings is 1. The predicted molar refractivity (Wildman–Crippen MR) is 110 cm³/mol. The van der Waals surface area contributed by atoms with E-state index in [1.54, 1.807) is 0 Å². The molecular formula is C18H31Cl2N5O. The molecule has 0 bridgehead atoms. The van der Waals surface area contributed by atoms with Gasteiger partial charge in [0.1, 0.15) is 5.82 Å². The Morgan fingerprint density at radius 1 is 1.23 bits per heavy atom. The number of halogens is 2. The Morgan fingerprint density at radius 3 is 2.58 bits per heavy atom. The molecule has 2 aliphatic rings. The third kappa shape index (κ3) is 5.98. The summed E-state index contributed by atoms with van der Waals surface area (Å²) >= 11 is 0. The molecule has 2 N–H and O–H groups in total. The molecule has 0 saturated carbocycles. The SMILES string of the molecule is CC(N)C1CCCN(C(=O)CN2CCN(c3ccccn3)CC2)C1.Cl.Cl. The summed E-state index contributed by atoms with van der Waals surface area (Å²) in [7, 11) is 0. The van der Waals surface area contributed by atoms with Crippen LogP contribution in [-0.4, -0.2) is 72.5 Å². The maximum absolute atomic E-state index is 12.6. The Morgan fingerprint density at radius 2 is 1.96 bits per heavy atom. The molecule has 2 fully saturated rings. The molecule has 1 amide bonds. The maximum atomic E-state index is 12.6. The third-order valence-corrected chi connectivity index (χ3v) is 5.26. The van der Waals surface area contributed by atoms with Crippen LogP contribution in [0.25, 0.3) is 0 Å². The van der Waals surface area contributed by atoms with Gasteiger partial charge >= 0.3 is 0 Å². The van der Waals surface area contributed by atoms with Crippen LogP contribution in [0.2, 0.25) is 0 Å². The first kappa shape index (κ1) is 23.0. The molecule has 1 aromatic heterocycles. The molecule has 0 aromatic carbocycles. The van der Waals surface area contributed by atoms with E-state index in [0.717, 1.165) is 57.9 Å². The van der Waals surface area contributed by atoms with Crippen molar-refractivity contribution in [3.8, 4) is 0 Å². The minimum absolute atomic E-state index is 0. The lowest BCUT2D eigenvalue weighted by molar-refractivity contribution is -0.134. The van der Waals surface area contributed by atoms with Crippen molar-refractivity contribution in [1.82, 2.24) is 14.8 Å². The number of piperidine rings is 1. The number of aromatic nitrogens is 1. The van der Waals surface area contributed by atoms with Gasteiger partial charge in [-0.1, -0.05) is 6.07 Å². The van der Waals surface area contributed by atoms with Crippen LogP contribution in [0.4, 0.5) is 5.82 Å². The minimum atomic E-state index is 0. The first-order valence-electron chi connectivity index (χ1n) is 9.05. The fraction of sp³-hybridized carbons (Fsp3) is 0.667. The van der Waals surface area contributed by atoms with Crippen LogP contribution in [0, 0.1) is 5.92 Å². The molecule has 2 saturated heterocycles. The average molecular weight is 404 g/mol. The second kappa shape index (κ2) is 10.9. The van der Waals surface area contributed by atoms with E-state index >= 15 is 0 Å². The second-order valence-corrected chi connectivity index (χ2v) is 7.05. The Bertz CT molecular complexity index is 538. The van der Waals surface area contributed by atoms with Gasteiger partial charge in [0.15, 0.2) is 0 Å². The highest BCUT2D eigenvalue weighted by Gasteiger charge is 2.27. The van der Waals surface area contributed by atoms with E-state index in [1.165, 1.54) is 0 Å². The van der Waals surface area contributed by atoms with Crippen molar-refractivity contribution >= 4 is 36.5 Å². The summed E-state index contributed by atoms with van der Waals surface area (Å²) in [4.78, 5) is 23.6. The van der Waals surface area contributed by atoms with Crippen LogP contribution in [0.15, 0.2) is 24.4 Å². The number of carbonyl (C=O) groups is 1. The summed E-state index contributed by atoms with van der Waals surface area (Å²) in [6.07, 6.45) is 4.05. The normalized spacial score (nSPS) is 22.2. The number of hydrogen-bond acceptors (Lipinski definition) is 5. The van der Waals surface area contributed by atoms with Gasteiger partial charge in [-0.3, -0.25) is 9.69 Å². The molecule has 26 heavy (non-hydrogen) atoms. The van der Waals surface area contributed by atoms with Crippen molar-refractivity contribution in [2.75, 3.05) is 50.7 Å². The minimum Gasteiger partial charge on any atom is -0.354 e. The standard InChI is InChI=1S/C18H29N5O.2ClH/c1-15(19)16-5-4-8-23(13-16)18(24)14-21-9-11-22(12-10-21)17-6-2-3-7-20-17;;/h2-3,6-7,15-16H,4-5,8-14,19H2,1H3;2*1H. The summed E-state index contributed by atoms with van der Waals surface area (Å²) in [5, 5.41) is 0. The zero-order chi connectivity index (χ0) is 16.9. The second-order valence-electron chi connectivity index (χ2n) is 7.05. The lowest BCUT2D eigenvalue weighted by Gasteiger charge is -2.38. The van der Waals surface area contributed by atoms with E-state index in [9.17, 15) is 4.79 Å². The van der Waals surface area contributed by atoms with E-state index in [1.807, 2.05) is 29.3 Å². The molecular weight excluding hydrogens is 373 g/mol. The van der Waals surface area contributed by atoms with Crippen molar-refractivity contribution < 1.29 is 4.79 Å². The Labute approximate surface area is 168 Å². The van der Waals surface area contributed by atoms with Crippen molar-refractivity contribution in [1.29, 1.82) is 0 Å². The highest BCUT2D eigenvalue weighted by Crippen LogP contribution is 2.19. The van der Waals surface area contributed by atoms with E-state index in [4.69, 9.17) is 5.73 Å². The zero-order valence-electron chi connectivity index (χ0n) is 15.4. The van der Waals surface area contributed by atoms with Gasteiger partial charge in [-0.05, 0) is 37.8 Å². The van der Waals surface area contributed by atoms with Gasteiger partial charge in [-0.2, -0.15) is 0 Å². The summed E-state index contributed by atoms with van der Waals surface area (Å²) in [6.45, 7) is 7.96. The van der Waals surface area contributed by atoms with Gasteiger partial charge in [0.25, 0.3) is 0 Å². The van der Waals surface area contributed by atoms with Gasteiger partial charge < -0.3 is 15.5 Å². The lowest BCUT2D eigenvalue weighted by Crippen LogP contribution is -2.52. The van der Waals surface area contributed by atoms with Crippen LogP contribution in [0.3, 0.4) is 0 Å². The maximum Gasteiger partial charge on any atom is 0.236 e. The molecule has 0 spiro atoms. The Hall–Kier alpha value is -1.08. The van der Waals surface area contributed by atoms with Crippen molar-refractivity contribution in [2.24, 2.45) is 11.7 Å². The molecule has 0 radical (unpaired) electrons. The van der Waals surface area contributed by atoms with Crippen molar-refractivity contribution in [2.45, 2.75) is 25.8 Å². The topological polar surface area (TPSA) is 65.7 Å². The van der Waals surface area contributed by atoms with E-state index in [-0.39, 0.29) is 36.8 Å². The first-order chi connectivity index (χ1) is 11.6. The molecule has 0 aliphatic carbocycles. The van der Waals surface area contributed by atoms with E-state index < -0.39 is 0 Å². The number of nitrogens with zero attached hydrogens (tertiary/aromatic N) is 4. The summed E-state index contributed by atoms with van der Waals surface area (Å²) in [5.74, 6) is 1.73. The number of nitrogens with two attached hydrogens (primary N) is 1. The number of anilines is 1. The Balaban J connectivity index is 0.00000169. The predicted octanol–water partition coefficient (Wildman–Crippen LogP) is 1.63.